The molecule has 0 saturated carbocycles. The van der Waals surface area contributed by atoms with Gasteiger partial charge in [-0.3, -0.25) is 9.59 Å². The number of nitrogens with one attached hydrogen (secondary N) is 3. The summed E-state index contributed by atoms with van der Waals surface area (Å²) in [5.41, 5.74) is 2.17. The van der Waals surface area contributed by atoms with E-state index in [1.165, 1.54) is 0 Å². The maximum absolute atomic E-state index is 12.0. The van der Waals surface area contributed by atoms with Crippen LogP contribution in [0.3, 0.4) is 0 Å². The summed E-state index contributed by atoms with van der Waals surface area (Å²) in [4.78, 5) is 23.7. The number of hydrogen-bond acceptors (Lipinski definition) is 3. The van der Waals surface area contributed by atoms with Crippen molar-refractivity contribution in [1.82, 2.24) is 10.6 Å². The van der Waals surface area contributed by atoms with E-state index in [1.54, 1.807) is 30.3 Å². The predicted octanol–water partition coefficient (Wildman–Crippen LogP) is 3.54. The molecule has 2 rings (SSSR count). The van der Waals surface area contributed by atoms with Gasteiger partial charge in [0.25, 0.3) is 5.91 Å². The van der Waals surface area contributed by atoms with E-state index < -0.39 is 0 Å². The highest BCUT2D eigenvalue weighted by Gasteiger charge is 2.08. The number of halogens is 1. The van der Waals surface area contributed by atoms with Crippen molar-refractivity contribution in [2.45, 2.75) is 19.8 Å². The van der Waals surface area contributed by atoms with E-state index >= 15 is 0 Å². The Morgan fingerprint density at radius 2 is 1.77 bits per heavy atom. The number of carbonyl (C=O) groups is 2. The highest BCUT2D eigenvalue weighted by atomic mass is 35.5. The summed E-state index contributed by atoms with van der Waals surface area (Å²) >= 11 is 11.2. The van der Waals surface area contributed by atoms with Gasteiger partial charge in [-0.1, -0.05) is 29.8 Å². The number of rotatable bonds is 6. The van der Waals surface area contributed by atoms with E-state index in [9.17, 15) is 9.59 Å². The number of hydrogen-bond donors (Lipinski definition) is 3. The van der Waals surface area contributed by atoms with Gasteiger partial charge in [0.2, 0.25) is 5.91 Å². The van der Waals surface area contributed by atoms with Crippen molar-refractivity contribution in [2.24, 2.45) is 0 Å². The molecular formula is C19H20ClN3O2S. The predicted molar refractivity (Wildman–Crippen MR) is 109 cm³/mol. The van der Waals surface area contributed by atoms with Crippen molar-refractivity contribution in [3.8, 4) is 0 Å². The van der Waals surface area contributed by atoms with Gasteiger partial charge in [-0.05, 0) is 61.5 Å². The van der Waals surface area contributed by atoms with E-state index in [2.05, 4.69) is 16.0 Å². The van der Waals surface area contributed by atoms with Crippen LogP contribution in [-0.2, 0) is 11.2 Å². The Morgan fingerprint density at radius 1 is 1.08 bits per heavy atom. The fourth-order valence-electron chi connectivity index (χ4n) is 2.27. The normalized spacial score (nSPS) is 10.1. The molecule has 0 fully saturated rings. The minimum atomic E-state index is -0.193. The third-order valence-corrected chi connectivity index (χ3v) is 4.15. The van der Waals surface area contributed by atoms with Crippen LogP contribution in [0.15, 0.2) is 48.5 Å². The molecule has 0 aliphatic rings. The zero-order valence-electron chi connectivity index (χ0n) is 14.3. The largest absolute Gasteiger partial charge is 0.352 e. The Kier molecular flexibility index (Phi) is 7.56. The van der Waals surface area contributed by atoms with Crippen LogP contribution >= 0.6 is 23.8 Å². The molecule has 5 nitrogen and oxygen atoms in total. The van der Waals surface area contributed by atoms with E-state index in [4.69, 9.17) is 23.8 Å². The Balaban J connectivity index is 1.81. The summed E-state index contributed by atoms with van der Waals surface area (Å²) < 4.78 is 0. The second-order valence-electron chi connectivity index (χ2n) is 5.53. The van der Waals surface area contributed by atoms with Gasteiger partial charge in [0.15, 0.2) is 5.11 Å². The van der Waals surface area contributed by atoms with Crippen molar-refractivity contribution in [2.75, 3.05) is 11.9 Å². The van der Waals surface area contributed by atoms with Crippen LogP contribution < -0.4 is 16.0 Å². The second kappa shape index (κ2) is 9.89. The van der Waals surface area contributed by atoms with Crippen molar-refractivity contribution in [3.05, 3.63) is 64.7 Å². The molecule has 0 atom stereocenters. The third-order valence-electron chi connectivity index (χ3n) is 3.57. The molecule has 0 unspecified atom stereocenters. The molecule has 0 saturated heterocycles. The molecule has 26 heavy (non-hydrogen) atoms. The summed E-state index contributed by atoms with van der Waals surface area (Å²) in [6.45, 7) is 2.43. The summed E-state index contributed by atoms with van der Waals surface area (Å²) in [5.74, 6) is -0.323. The maximum Gasteiger partial charge on any atom is 0.251 e. The van der Waals surface area contributed by atoms with E-state index in [0.29, 0.717) is 29.2 Å². The van der Waals surface area contributed by atoms with Gasteiger partial charge in [-0.25, -0.2) is 0 Å². The van der Waals surface area contributed by atoms with Crippen LogP contribution in [0.4, 0.5) is 5.69 Å². The van der Waals surface area contributed by atoms with Gasteiger partial charge in [-0.2, -0.15) is 0 Å². The molecule has 3 N–H and O–H groups in total. The number of benzene rings is 2. The smallest absolute Gasteiger partial charge is 0.251 e. The summed E-state index contributed by atoms with van der Waals surface area (Å²) in [5, 5.41) is 9.14. The van der Waals surface area contributed by atoms with Gasteiger partial charge >= 0.3 is 0 Å². The maximum atomic E-state index is 12.0. The van der Waals surface area contributed by atoms with E-state index in [0.717, 1.165) is 5.56 Å². The number of aryl methyl sites for hydroxylation is 1. The molecule has 0 aliphatic carbocycles. The number of thiocarbonyl (C=S) groups is 1. The van der Waals surface area contributed by atoms with Gasteiger partial charge in [0.1, 0.15) is 0 Å². The quantitative estimate of drug-likeness (QED) is 0.661. The fraction of sp³-hybridized carbons (Fsp3) is 0.211. The third kappa shape index (κ3) is 6.13. The van der Waals surface area contributed by atoms with Gasteiger partial charge < -0.3 is 16.0 Å². The highest BCUT2D eigenvalue weighted by Crippen LogP contribution is 2.16. The van der Waals surface area contributed by atoms with Crippen LogP contribution in [0.1, 0.15) is 29.3 Å². The van der Waals surface area contributed by atoms with Crippen LogP contribution in [0.5, 0.6) is 0 Å². The van der Waals surface area contributed by atoms with Gasteiger partial charge in [0.05, 0.1) is 0 Å². The van der Waals surface area contributed by atoms with Gasteiger partial charge in [0, 0.05) is 29.2 Å². The summed E-state index contributed by atoms with van der Waals surface area (Å²) in [6, 6.07) is 14.3. The molecular weight excluding hydrogens is 370 g/mol. The van der Waals surface area contributed by atoms with Crippen LogP contribution in [0.2, 0.25) is 5.02 Å². The first-order valence-corrected chi connectivity index (χ1v) is 9.00. The number of anilines is 1. The van der Waals surface area contributed by atoms with Gasteiger partial charge in [-0.15, -0.1) is 0 Å². The Labute approximate surface area is 163 Å². The number of amides is 2. The average Bonchev–Trinajstić information content (AvgIpc) is 2.61. The molecule has 2 aromatic rings. The zero-order valence-corrected chi connectivity index (χ0v) is 15.9. The average molecular weight is 390 g/mol. The minimum absolute atomic E-state index is 0.130. The molecule has 2 amide bonds. The Hall–Kier alpha value is -2.44. The Morgan fingerprint density at radius 3 is 2.42 bits per heavy atom. The second-order valence-corrected chi connectivity index (χ2v) is 6.35. The fourth-order valence-corrected chi connectivity index (χ4v) is 2.73. The first kappa shape index (κ1) is 19.9. The first-order valence-electron chi connectivity index (χ1n) is 8.22. The zero-order chi connectivity index (χ0) is 18.9. The lowest BCUT2D eigenvalue weighted by atomic mass is 10.1. The van der Waals surface area contributed by atoms with Crippen LogP contribution in [-0.4, -0.2) is 23.5 Å². The van der Waals surface area contributed by atoms with Crippen molar-refractivity contribution >= 4 is 46.4 Å². The topological polar surface area (TPSA) is 70.2 Å². The lowest BCUT2D eigenvalue weighted by Crippen LogP contribution is -2.34. The lowest BCUT2D eigenvalue weighted by molar-refractivity contribution is -0.119. The molecule has 0 aromatic heterocycles. The monoisotopic (exact) mass is 389 g/mol. The highest BCUT2D eigenvalue weighted by molar-refractivity contribution is 7.80. The van der Waals surface area contributed by atoms with Crippen molar-refractivity contribution < 1.29 is 9.59 Å². The SMILES string of the molecule is CCNC(=O)c1ccc(NC(=S)NC(=O)CCc2ccccc2Cl)cc1. The minimum Gasteiger partial charge on any atom is -0.352 e. The van der Waals surface area contributed by atoms with Crippen molar-refractivity contribution in [3.63, 3.8) is 0 Å². The van der Waals surface area contributed by atoms with E-state index in [1.807, 2.05) is 25.1 Å². The molecule has 2 aromatic carbocycles. The molecule has 136 valence electrons. The molecule has 0 aliphatic heterocycles. The molecule has 7 heteroatoms. The molecule has 0 radical (unpaired) electrons. The van der Waals surface area contributed by atoms with E-state index in [-0.39, 0.29) is 23.3 Å². The summed E-state index contributed by atoms with van der Waals surface area (Å²) in [7, 11) is 0. The molecule has 0 heterocycles. The Bertz CT molecular complexity index is 794. The first-order chi connectivity index (χ1) is 12.5. The van der Waals surface area contributed by atoms with Crippen LogP contribution in [0, 0.1) is 0 Å². The lowest BCUT2D eigenvalue weighted by Gasteiger charge is -2.10. The number of carbonyl (C=O) groups excluding carboxylic acids is 2. The molecule has 0 spiro atoms. The standard InChI is InChI=1S/C19H20ClN3O2S/c1-2-21-18(25)14-7-10-15(11-8-14)22-19(26)23-17(24)12-9-13-5-3-4-6-16(13)20/h3-8,10-11H,2,9,12H2,1H3,(H,21,25)(H2,22,23,24,26). The van der Waals surface area contributed by atoms with Crippen LogP contribution in [0.25, 0.3) is 0 Å². The van der Waals surface area contributed by atoms with Crippen molar-refractivity contribution in [1.29, 1.82) is 0 Å². The molecule has 0 bridgehead atoms. The summed E-state index contributed by atoms with van der Waals surface area (Å²) in [6.07, 6.45) is 0.817.